The largest absolute Gasteiger partial charge is 0.496 e. The zero-order valence-electron chi connectivity index (χ0n) is 9.12. The molecule has 2 rings (SSSR count). The van der Waals surface area contributed by atoms with Gasteiger partial charge in [-0.05, 0) is 57.3 Å². The lowest BCUT2D eigenvalue weighted by molar-refractivity contribution is 0.412. The second-order valence-electron chi connectivity index (χ2n) is 3.17. The summed E-state index contributed by atoms with van der Waals surface area (Å²) in [6, 6.07) is 5.44. The van der Waals surface area contributed by atoms with E-state index in [9.17, 15) is 0 Å². The third-order valence-electron chi connectivity index (χ3n) is 1.99. The molecule has 0 saturated carbocycles. The van der Waals surface area contributed by atoms with Gasteiger partial charge in [0.25, 0.3) is 0 Å². The maximum atomic E-state index is 5.68. The summed E-state index contributed by atoms with van der Waals surface area (Å²) in [6.45, 7) is 0. The van der Waals surface area contributed by atoms with Crippen LogP contribution < -0.4 is 10.1 Å². The summed E-state index contributed by atoms with van der Waals surface area (Å²) in [6.07, 6.45) is 0. The van der Waals surface area contributed by atoms with Gasteiger partial charge in [-0.25, -0.2) is 0 Å². The zero-order valence-corrected chi connectivity index (χ0v) is 12.2. The Kier molecular flexibility index (Phi) is 4.21. The zero-order chi connectivity index (χ0) is 13.1. The van der Waals surface area contributed by atoms with Crippen LogP contribution in [0.25, 0.3) is 0 Å². The predicted molar refractivity (Wildman–Crippen MR) is 73.8 cm³/mol. The van der Waals surface area contributed by atoms with Crippen molar-refractivity contribution in [2.75, 3.05) is 12.4 Å². The summed E-state index contributed by atoms with van der Waals surface area (Å²) in [7, 11) is 1.60. The first-order valence-corrected chi connectivity index (χ1v) is 6.31. The lowest BCUT2D eigenvalue weighted by atomic mass is 10.3. The molecule has 0 aliphatic heterocycles. The molecule has 0 atom stereocenters. The van der Waals surface area contributed by atoms with Gasteiger partial charge in [-0.15, -0.1) is 0 Å². The van der Waals surface area contributed by atoms with E-state index in [0.717, 1.165) is 15.9 Å². The summed E-state index contributed by atoms with van der Waals surface area (Å²) >= 11 is 14.7. The first kappa shape index (κ1) is 13.3. The quantitative estimate of drug-likeness (QED) is 0.915. The minimum atomic E-state index is 0.0325. The van der Waals surface area contributed by atoms with Crippen LogP contribution in [0.3, 0.4) is 0 Å². The van der Waals surface area contributed by atoms with Crippen molar-refractivity contribution in [1.82, 2.24) is 15.0 Å². The van der Waals surface area contributed by atoms with Gasteiger partial charge in [-0.1, -0.05) is 0 Å². The number of aromatic nitrogens is 3. The van der Waals surface area contributed by atoms with Gasteiger partial charge in [0.15, 0.2) is 0 Å². The lowest BCUT2D eigenvalue weighted by Gasteiger charge is -2.08. The monoisotopic (exact) mass is 348 g/mol. The number of nitrogens with zero attached hydrogens (tertiary/aromatic N) is 3. The number of methoxy groups -OCH3 is 1. The number of hydrogen-bond donors (Lipinski definition) is 1. The highest BCUT2D eigenvalue weighted by Crippen LogP contribution is 2.28. The molecule has 1 heterocycles. The van der Waals surface area contributed by atoms with Gasteiger partial charge in [0, 0.05) is 5.69 Å². The third kappa shape index (κ3) is 3.22. The van der Waals surface area contributed by atoms with Crippen molar-refractivity contribution in [3.63, 3.8) is 0 Å². The summed E-state index contributed by atoms with van der Waals surface area (Å²) < 4.78 is 5.94. The molecule has 5 nitrogen and oxygen atoms in total. The van der Waals surface area contributed by atoms with Gasteiger partial charge in [0.2, 0.25) is 16.5 Å². The summed E-state index contributed by atoms with van der Waals surface area (Å²) in [5, 5.41) is 3.03. The van der Waals surface area contributed by atoms with Crippen LogP contribution in [-0.2, 0) is 0 Å². The van der Waals surface area contributed by atoms with E-state index >= 15 is 0 Å². The van der Waals surface area contributed by atoms with E-state index in [1.165, 1.54) is 0 Å². The Labute approximate surface area is 122 Å². The fraction of sp³-hybridized carbons (Fsp3) is 0.100. The first-order chi connectivity index (χ1) is 8.58. The van der Waals surface area contributed by atoms with Gasteiger partial charge >= 0.3 is 0 Å². The number of ether oxygens (including phenoxy) is 1. The van der Waals surface area contributed by atoms with Crippen molar-refractivity contribution in [2.24, 2.45) is 0 Å². The Balaban J connectivity index is 2.25. The second kappa shape index (κ2) is 5.69. The number of benzene rings is 1. The van der Waals surface area contributed by atoms with Crippen LogP contribution >= 0.6 is 39.1 Å². The number of nitrogens with one attached hydrogen (secondary N) is 1. The standard InChI is InChI=1S/C10H7BrCl2N4O/c1-18-7-3-2-5(4-6(7)11)14-10-16-8(12)15-9(13)17-10/h2-4H,1H3,(H,14,15,16,17). The van der Waals surface area contributed by atoms with Gasteiger partial charge < -0.3 is 10.1 Å². The molecule has 1 aromatic heterocycles. The molecular weight excluding hydrogens is 343 g/mol. The molecule has 0 aliphatic rings. The number of hydrogen-bond acceptors (Lipinski definition) is 5. The van der Waals surface area contributed by atoms with Crippen LogP contribution in [0.1, 0.15) is 0 Å². The Hall–Kier alpha value is -1.11. The molecule has 0 saturated heterocycles. The van der Waals surface area contributed by atoms with Crippen molar-refractivity contribution >= 4 is 50.8 Å². The molecule has 0 bridgehead atoms. The van der Waals surface area contributed by atoms with Crippen molar-refractivity contribution in [2.45, 2.75) is 0 Å². The van der Waals surface area contributed by atoms with Gasteiger partial charge in [-0.2, -0.15) is 15.0 Å². The molecular formula is C10H7BrCl2N4O. The molecule has 18 heavy (non-hydrogen) atoms. The fourth-order valence-electron chi connectivity index (χ4n) is 1.26. The van der Waals surface area contributed by atoms with Crippen molar-refractivity contribution < 1.29 is 4.74 Å². The summed E-state index contributed by atoms with van der Waals surface area (Å²) in [5.41, 5.74) is 0.765. The molecule has 0 radical (unpaired) electrons. The van der Waals surface area contributed by atoms with Crippen LogP contribution in [0, 0.1) is 0 Å². The minimum absolute atomic E-state index is 0.0325. The summed E-state index contributed by atoms with van der Waals surface area (Å²) in [4.78, 5) is 11.5. The molecule has 1 N–H and O–H groups in total. The highest BCUT2D eigenvalue weighted by Gasteiger charge is 2.05. The van der Waals surface area contributed by atoms with E-state index in [-0.39, 0.29) is 16.5 Å². The Bertz CT molecular complexity index is 562. The minimum Gasteiger partial charge on any atom is -0.496 e. The van der Waals surface area contributed by atoms with E-state index < -0.39 is 0 Å². The summed E-state index contributed by atoms with van der Waals surface area (Å²) in [5.74, 6) is 1.00. The lowest BCUT2D eigenvalue weighted by Crippen LogP contribution is -1.99. The van der Waals surface area contributed by atoms with Gasteiger partial charge in [0.1, 0.15) is 5.75 Å². The normalized spacial score (nSPS) is 10.2. The third-order valence-corrected chi connectivity index (χ3v) is 2.95. The topological polar surface area (TPSA) is 59.9 Å². The number of halogens is 3. The van der Waals surface area contributed by atoms with Gasteiger partial charge in [0.05, 0.1) is 11.6 Å². The van der Waals surface area contributed by atoms with Crippen LogP contribution in [0.15, 0.2) is 22.7 Å². The Morgan fingerprint density at radius 2 is 1.83 bits per heavy atom. The molecule has 0 aliphatic carbocycles. The van der Waals surface area contributed by atoms with Crippen LogP contribution in [0.2, 0.25) is 10.6 Å². The highest BCUT2D eigenvalue weighted by molar-refractivity contribution is 9.10. The van der Waals surface area contributed by atoms with E-state index in [2.05, 4.69) is 36.2 Å². The van der Waals surface area contributed by atoms with Crippen LogP contribution in [0.5, 0.6) is 5.75 Å². The average Bonchev–Trinajstić information content (AvgIpc) is 2.27. The SMILES string of the molecule is COc1ccc(Nc2nc(Cl)nc(Cl)n2)cc1Br. The molecule has 0 unspecified atom stereocenters. The van der Waals surface area contributed by atoms with E-state index in [1.54, 1.807) is 13.2 Å². The van der Waals surface area contributed by atoms with Crippen LogP contribution in [-0.4, -0.2) is 22.1 Å². The Morgan fingerprint density at radius 3 is 2.39 bits per heavy atom. The first-order valence-electron chi connectivity index (χ1n) is 4.76. The van der Waals surface area contributed by atoms with E-state index in [0.29, 0.717) is 0 Å². The van der Waals surface area contributed by atoms with Crippen molar-refractivity contribution in [1.29, 1.82) is 0 Å². The van der Waals surface area contributed by atoms with Crippen molar-refractivity contribution in [3.05, 3.63) is 33.2 Å². The molecule has 0 amide bonds. The highest BCUT2D eigenvalue weighted by atomic mass is 79.9. The molecule has 8 heteroatoms. The molecule has 0 spiro atoms. The van der Waals surface area contributed by atoms with E-state index in [1.807, 2.05) is 12.1 Å². The molecule has 1 aromatic carbocycles. The smallest absolute Gasteiger partial charge is 0.232 e. The maximum Gasteiger partial charge on any atom is 0.232 e. The molecule has 2 aromatic rings. The fourth-order valence-corrected chi connectivity index (χ4v) is 2.16. The molecule has 0 fully saturated rings. The van der Waals surface area contributed by atoms with Gasteiger partial charge in [-0.3, -0.25) is 0 Å². The molecule has 94 valence electrons. The van der Waals surface area contributed by atoms with E-state index in [4.69, 9.17) is 27.9 Å². The van der Waals surface area contributed by atoms with Crippen molar-refractivity contribution in [3.8, 4) is 5.75 Å². The second-order valence-corrected chi connectivity index (χ2v) is 4.70. The maximum absolute atomic E-state index is 5.68. The number of anilines is 2. The van der Waals surface area contributed by atoms with Crippen LogP contribution in [0.4, 0.5) is 11.6 Å². The number of rotatable bonds is 3. The Morgan fingerprint density at radius 1 is 1.17 bits per heavy atom. The predicted octanol–water partition coefficient (Wildman–Crippen LogP) is 3.69. The average molecular weight is 350 g/mol.